The van der Waals surface area contributed by atoms with E-state index in [-0.39, 0.29) is 23.5 Å². The van der Waals surface area contributed by atoms with Gasteiger partial charge < -0.3 is 14.5 Å². The first-order chi connectivity index (χ1) is 8.90. The lowest BCUT2D eigenvalue weighted by molar-refractivity contribution is -0.144. The number of esters is 1. The first kappa shape index (κ1) is 19.1. The Morgan fingerprint density at radius 1 is 1.20 bits per heavy atom. The third kappa shape index (κ3) is 6.05. The van der Waals surface area contributed by atoms with Crippen molar-refractivity contribution in [1.29, 1.82) is 0 Å². The number of amides is 1. The van der Waals surface area contributed by atoms with Crippen molar-refractivity contribution in [3.63, 3.8) is 0 Å². The molecule has 0 bridgehead atoms. The summed E-state index contributed by atoms with van der Waals surface area (Å²) in [5.74, 6) is -0.648. The van der Waals surface area contributed by atoms with Gasteiger partial charge in [0, 0.05) is 0 Å². The van der Waals surface area contributed by atoms with Gasteiger partial charge in [-0.2, -0.15) is 0 Å². The molecule has 1 amide bonds. The van der Waals surface area contributed by atoms with Crippen LogP contribution >= 0.6 is 0 Å². The molecule has 0 aliphatic carbocycles. The lowest BCUT2D eigenvalue weighted by Gasteiger charge is -2.38. The molecule has 0 aromatic rings. The number of nitrogens with one attached hydrogen (secondary N) is 1. The highest BCUT2D eigenvalue weighted by Gasteiger charge is 2.38. The van der Waals surface area contributed by atoms with Crippen LogP contribution in [0.5, 0.6) is 0 Å². The van der Waals surface area contributed by atoms with Crippen molar-refractivity contribution in [3.05, 3.63) is 0 Å². The molecule has 0 saturated carbocycles. The molecule has 0 saturated heterocycles. The fourth-order valence-corrected chi connectivity index (χ4v) is 2.96. The first-order valence-electron chi connectivity index (χ1n) is 6.95. The fourth-order valence-electron chi connectivity index (χ4n) is 1.52. The lowest BCUT2D eigenvalue weighted by atomic mass is 10.2. The molecule has 1 N–H and O–H groups in total. The number of hydrogen-bond donors (Lipinski definition) is 1. The van der Waals surface area contributed by atoms with E-state index in [0.29, 0.717) is 0 Å². The van der Waals surface area contributed by atoms with Crippen LogP contribution in [0.25, 0.3) is 0 Å². The van der Waals surface area contributed by atoms with Crippen molar-refractivity contribution in [2.45, 2.75) is 71.3 Å². The molecule has 6 heteroatoms. The van der Waals surface area contributed by atoms with Crippen molar-refractivity contribution in [2.75, 3.05) is 7.11 Å². The standard InChI is InChI=1S/C14H29NO4Si/c1-10(19-20(7,8)14(3,4)5)9-12(16)15-11(2)13(17)18-6/h10-11H,9H2,1-8H3,(H,15,16). The molecule has 118 valence electrons. The van der Waals surface area contributed by atoms with Crippen molar-refractivity contribution in [3.8, 4) is 0 Å². The van der Waals surface area contributed by atoms with E-state index in [4.69, 9.17) is 4.43 Å². The number of methoxy groups -OCH3 is 1. The van der Waals surface area contributed by atoms with Crippen LogP contribution in [-0.4, -0.2) is 39.4 Å². The Balaban J connectivity index is 4.38. The lowest BCUT2D eigenvalue weighted by Crippen LogP contribution is -2.45. The smallest absolute Gasteiger partial charge is 0.328 e. The molecule has 0 aromatic heterocycles. The van der Waals surface area contributed by atoms with E-state index in [1.54, 1.807) is 6.92 Å². The van der Waals surface area contributed by atoms with Gasteiger partial charge in [-0.25, -0.2) is 4.79 Å². The van der Waals surface area contributed by atoms with Gasteiger partial charge in [-0.3, -0.25) is 4.79 Å². The van der Waals surface area contributed by atoms with E-state index in [1.165, 1.54) is 7.11 Å². The van der Waals surface area contributed by atoms with Crippen LogP contribution in [0.3, 0.4) is 0 Å². The maximum absolute atomic E-state index is 11.8. The average Bonchev–Trinajstić information content (AvgIpc) is 2.24. The highest BCUT2D eigenvalue weighted by atomic mass is 28.4. The highest BCUT2D eigenvalue weighted by molar-refractivity contribution is 6.74. The largest absolute Gasteiger partial charge is 0.467 e. The molecule has 0 spiro atoms. The van der Waals surface area contributed by atoms with Crippen molar-refractivity contribution < 1.29 is 18.8 Å². The minimum atomic E-state index is -1.88. The molecule has 0 aliphatic heterocycles. The Labute approximate surface area is 123 Å². The van der Waals surface area contributed by atoms with Crippen LogP contribution in [0.2, 0.25) is 18.1 Å². The predicted octanol–water partition coefficient (Wildman–Crippen LogP) is 2.46. The minimum absolute atomic E-state index is 0.108. The molecule has 5 nitrogen and oxygen atoms in total. The molecular weight excluding hydrogens is 274 g/mol. The van der Waals surface area contributed by atoms with Gasteiger partial charge >= 0.3 is 5.97 Å². The Kier molecular flexibility index (Phi) is 6.90. The summed E-state index contributed by atoms with van der Waals surface area (Å²) in [6.07, 6.45) is 0.0779. The fraction of sp³-hybridized carbons (Fsp3) is 0.857. The van der Waals surface area contributed by atoms with Crippen LogP contribution in [0, 0.1) is 0 Å². The normalized spacial score (nSPS) is 15.4. The highest BCUT2D eigenvalue weighted by Crippen LogP contribution is 2.37. The van der Waals surface area contributed by atoms with E-state index >= 15 is 0 Å². The minimum Gasteiger partial charge on any atom is -0.467 e. The summed E-state index contributed by atoms with van der Waals surface area (Å²) in [6.45, 7) is 14.3. The first-order valence-corrected chi connectivity index (χ1v) is 9.86. The summed E-state index contributed by atoms with van der Waals surface area (Å²) >= 11 is 0. The van der Waals surface area contributed by atoms with Crippen molar-refractivity contribution >= 4 is 20.2 Å². The van der Waals surface area contributed by atoms with Gasteiger partial charge in [-0.1, -0.05) is 20.8 Å². The maximum Gasteiger partial charge on any atom is 0.328 e. The Bertz CT molecular complexity index is 350. The number of carbonyl (C=O) groups excluding carboxylic acids is 2. The topological polar surface area (TPSA) is 64.6 Å². The van der Waals surface area contributed by atoms with E-state index in [9.17, 15) is 9.59 Å². The predicted molar refractivity (Wildman–Crippen MR) is 82.0 cm³/mol. The summed E-state index contributed by atoms with van der Waals surface area (Å²) in [4.78, 5) is 23.1. The zero-order valence-electron chi connectivity index (χ0n) is 14.0. The van der Waals surface area contributed by atoms with E-state index in [0.717, 1.165) is 0 Å². The van der Waals surface area contributed by atoms with Crippen molar-refractivity contribution in [1.82, 2.24) is 5.32 Å². The zero-order chi connectivity index (χ0) is 16.1. The van der Waals surface area contributed by atoms with Gasteiger partial charge in [0.05, 0.1) is 19.6 Å². The summed E-state index contributed by atoms with van der Waals surface area (Å²) in [7, 11) is -0.575. The van der Waals surface area contributed by atoms with Crippen LogP contribution in [-0.2, 0) is 18.8 Å². The van der Waals surface area contributed by atoms with Crippen LogP contribution in [0.1, 0.15) is 41.0 Å². The van der Waals surface area contributed by atoms with Crippen LogP contribution in [0.15, 0.2) is 0 Å². The maximum atomic E-state index is 11.8. The van der Waals surface area contributed by atoms with Crippen LogP contribution < -0.4 is 5.32 Å². The number of hydrogen-bond acceptors (Lipinski definition) is 4. The zero-order valence-corrected chi connectivity index (χ0v) is 15.0. The molecule has 0 aliphatic rings. The van der Waals surface area contributed by atoms with Gasteiger partial charge in [0.25, 0.3) is 0 Å². The van der Waals surface area contributed by atoms with Gasteiger partial charge in [0.1, 0.15) is 6.04 Å². The van der Waals surface area contributed by atoms with E-state index in [1.807, 2.05) is 6.92 Å². The number of rotatable bonds is 6. The molecule has 0 rings (SSSR count). The van der Waals surface area contributed by atoms with Crippen LogP contribution in [0.4, 0.5) is 0 Å². The van der Waals surface area contributed by atoms with Crippen molar-refractivity contribution in [2.24, 2.45) is 0 Å². The summed E-state index contributed by atoms with van der Waals surface area (Å²) < 4.78 is 10.7. The summed E-state index contributed by atoms with van der Waals surface area (Å²) in [6, 6.07) is -0.632. The molecular formula is C14H29NO4Si. The average molecular weight is 303 g/mol. The third-order valence-electron chi connectivity index (χ3n) is 3.71. The summed E-state index contributed by atoms with van der Waals surface area (Å²) in [5, 5.41) is 2.72. The molecule has 0 fully saturated rings. The molecule has 0 radical (unpaired) electrons. The molecule has 2 unspecified atom stereocenters. The van der Waals surface area contributed by atoms with Gasteiger partial charge in [-0.15, -0.1) is 0 Å². The monoisotopic (exact) mass is 303 g/mol. The molecule has 0 aromatic carbocycles. The third-order valence-corrected chi connectivity index (χ3v) is 8.31. The second-order valence-corrected chi connectivity index (χ2v) is 11.5. The number of carbonyl (C=O) groups is 2. The van der Waals surface area contributed by atoms with E-state index < -0.39 is 20.3 Å². The SMILES string of the molecule is COC(=O)C(C)NC(=O)CC(C)O[Si](C)(C)C(C)(C)C. The van der Waals surface area contributed by atoms with Gasteiger partial charge in [0.15, 0.2) is 8.32 Å². The Morgan fingerprint density at radius 2 is 1.70 bits per heavy atom. The van der Waals surface area contributed by atoms with E-state index in [2.05, 4.69) is 43.9 Å². The summed E-state index contributed by atoms with van der Waals surface area (Å²) in [5.41, 5.74) is 0. The molecule has 0 heterocycles. The second-order valence-electron chi connectivity index (χ2n) is 6.71. The quantitative estimate of drug-likeness (QED) is 0.605. The Hall–Kier alpha value is -0.883. The molecule has 20 heavy (non-hydrogen) atoms. The Morgan fingerprint density at radius 3 is 2.10 bits per heavy atom. The van der Waals surface area contributed by atoms with Gasteiger partial charge in [0.2, 0.25) is 5.91 Å². The van der Waals surface area contributed by atoms with Gasteiger partial charge in [-0.05, 0) is 32.0 Å². The molecule has 2 atom stereocenters. The second kappa shape index (κ2) is 7.22. The number of ether oxygens (including phenoxy) is 1.